The number of amides is 3. The zero-order valence-corrected chi connectivity index (χ0v) is 17.9. The second-order valence-corrected chi connectivity index (χ2v) is 7.89. The Morgan fingerprint density at radius 3 is 2.63 bits per heavy atom. The van der Waals surface area contributed by atoms with Gasteiger partial charge in [0.1, 0.15) is 0 Å². The summed E-state index contributed by atoms with van der Waals surface area (Å²) in [6, 6.07) is 1.46. The monoisotopic (exact) mass is 415 g/mol. The molecule has 2 aromatic heterocycles. The predicted molar refractivity (Wildman–Crippen MR) is 110 cm³/mol. The van der Waals surface area contributed by atoms with Crippen LogP contribution >= 0.6 is 0 Å². The maximum Gasteiger partial charge on any atom is 0.321 e. The van der Waals surface area contributed by atoms with E-state index in [4.69, 9.17) is 4.74 Å². The quantitative estimate of drug-likeness (QED) is 0.700. The number of urea groups is 1. The topological polar surface area (TPSA) is 115 Å². The summed E-state index contributed by atoms with van der Waals surface area (Å²) in [4.78, 5) is 40.8. The van der Waals surface area contributed by atoms with Gasteiger partial charge in [0.2, 0.25) is 0 Å². The first-order valence-electron chi connectivity index (χ1n) is 10.4. The second kappa shape index (κ2) is 9.23. The highest BCUT2D eigenvalue weighted by molar-refractivity contribution is 5.97. The van der Waals surface area contributed by atoms with E-state index >= 15 is 0 Å². The molecule has 0 saturated heterocycles. The van der Waals surface area contributed by atoms with E-state index in [-0.39, 0.29) is 12.5 Å². The first kappa shape index (κ1) is 21.7. The van der Waals surface area contributed by atoms with E-state index in [0.29, 0.717) is 6.42 Å². The van der Waals surface area contributed by atoms with Crippen LogP contribution in [0.2, 0.25) is 0 Å². The Bertz CT molecular complexity index is 962. The Labute approximate surface area is 175 Å². The molecule has 0 spiro atoms. The van der Waals surface area contributed by atoms with Gasteiger partial charge in [-0.25, -0.2) is 14.3 Å². The number of esters is 1. The zero-order chi connectivity index (χ0) is 21.8. The molecule has 30 heavy (non-hydrogen) atoms. The minimum absolute atomic E-state index is 0.0982. The molecule has 1 fully saturated rings. The number of rotatable bonds is 6. The minimum atomic E-state index is -1.05. The average Bonchev–Trinajstić information content (AvgIpc) is 3.30. The van der Waals surface area contributed by atoms with Gasteiger partial charge < -0.3 is 10.1 Å². The average molecular weight is 415 g/mol. The lowest BCUT2D eigenvalue weighted by atomic mass is 10.1. The van der Waals surface area contributed by atoms with E-state index in [1.807, 2.05) is 26.8 Å². The fraction of sp³-hybridized carbons (Fsp3) is 0.571. The molecule has 0 unspecified atom stereocenters. The molecule has 9 heteroatoms. The molecule has 1 aliphatic rings. The Hall–Kier alpha value is -2.97. The van der Waals surface area contributed by atoms with Crippen LogP contribution in [0.1, 0.15) is 61.7 Å². The lowest BCUT2D eigenvalue weighted by Gasteiger charge is -2.16. The number of carbonyl (C=O) groups is 3. The normalized spacial score (nSPS) is 15.2. The van der Waals surface area contributed by atoms with Crippen LogP contribution in [-0.2, 0) is 20.7 Å². The molecule has 2 N–H and O–H groups in total. The van der Waals surface area contributed by atoms with Crippen molar-refractivity contribution in [3.63, 3.8) is 0 Å². The Kier molecular flexibility index (Phi) is 6.69. The lowest BCUT2D eigenvalue weighted by molar-refractivity contribution is -0.154. The van der Waals surface area contributed by atoms with E-state index in [1.54, 1.807) is 4.52 Å². The number of hydrogen-bond acceptors (Lipinski definition) is 6. The van der Waals surface area contributed by atoms with Gasteiger partial charge in [-0.1, -0.05) is 12.8 Å². The summed E-state index contributed by atoms with van der Waals surface area (Å²) in [7, 11) is 0. The Balaban J connectivity index is 1.50. The summed E-state index contributed by atoms with van der Waals surface area (Å²) in [5.74, 6) is -1.15. The maximum atomic E-state index is 12.2. The third-order valence-corrected chi connectivity index (χ3v) is 5.47. The number of imide groups is 1. The number of hydrogen-bond donors (Lipinski definition) is 2. The summed E-state index contributed by atoms with van der Waals surface area (Å²) in [5.41, 5.74) is 4.33. The van der Waals surface area contributed by atoms with Crippen molar-refractivity contribution in [1.29, 1.82) is 0 Å². The SMILES string of the molecule is Cc1cc2nc(C)c(CCC(=O)O[C@@H](C)C(=O)NC(=O)NC3CCCC3)c(C)n2n1. The van der Waals surface area contributed by atoms with Gasteiger partial charge in [0.15, 0.2) is 11.8 Å². The molecule has 0 aromatic carbocycles. The number of nitrogens with one attached hydrogen (secondary N) is 2. The van der Waals surface area contributed by atoms with Crippen LogP contribution < -0.4 is 10.6 Å². The smallest absolute Gasteiger partial charge is 0.321 e. The van der Waals surface area contributed by atoms with Crippen LogP contribution in [-0.4, -0.2) is 44.7 Å². The molecule has 1 saturated carbocycles. The van der Waals surface area contributed by atoms with Crippen LogP contribution in [0.25, 0.3) is 5.65 Å². The fourth-order valence-corrected chi connectivity index (χ4v) is 3.84. The molecular formula is C21H29N5O4. The van der Waals surface area contributed by atoms with Crippen LogP contribution in [0.15, 0.2) is 6.07 Å². The second-order valence-electron chi connectivity index (χ2n) is 7.89. The first-order chi connectivity index (χ1) is 14.2. The number of carbonyl (C=O) groups excluding carboxylic acids is 3. The molecule has 3 amide bonds. The highest BCUT2D eigenvalue weighted by Gasteiger charge is 2.23. The summed E-state index contributed by atoms with van der Waals surface area (Å²) < 4.78 is 6.97. The van der Waals surface area contributed by atoms with Crippen LogP contribution in [0.5, 0.6) is 0 Å². The van der Waals surface area contributed by atoms with Gasteiger partial charge in [-0.3, -0.25) is 14.9 Å². The Morgan fingerprint density at radius 1 is 1.23 bits per heavy atom. The van der Waals surface area contributed by atoms with Crippen molar-refractivity contribution in [3.8, 4) is 0 Å². The molecular weight excluding hydrogens is 386 g/mol. The molecule has 1 aliphatic carbocycles. The summed E-state index contributed by atoms with van der Waals surface area (Å²) in [6.07, 6.45) is 3.47. The van der Waals surface area contributed by atoms with E-state index in [1.165, 1.54) is 6.92 Å². The van der Waals surface area contributed by atoms with Crippen molar-refractivity contribution in [2.45, 2.75) is 78.4 Å². The highest BCUT2D eigenvalue weighted by Crippen LogP contribution is 2.18. The number of aryl methyl sites for hydroxylation is 3. The predicted octanol–water partition coefficient (Wildman–Crippen LogP) is 2.29. The van der Waals surface area contributed by atoms with E-state index < -0.39 is 24.0 Å². The van der Waals surface area contributed by atoms with Gasteiger partial charge in [-0.2, -0.15) is 5.10 Å². The van der Waals surface area contributed by atoms with Gasteiger partial charge in [-0.05, 0) is 52.5 Å². The third kappa shape index (κ3) is 5.14. The van der Waals surface area contributed by atoms with Crippen molar-refractivity contribution < 1.29 is 19.1 Å². The number of fused-ring (bicyclic) bond motifs is 1. The van der Waals surface area contributed by atoms with E-state index in [9.17, 15) is 14.4 Å². The number of nitrogens with zero attached hydrogens (tertiary/aromatic N) is 3. The number of aromatic nitrogens is 3. The van der Waals surface area contributed by atoms with Crippen LogP contribution in [0, 0.1) is 20.8 Å². The van der Waals surface area contributed by atoms with Gasteiger partial charge in [0.25, 0.3) is 5.91 Å². The summed E-state index contributed by atoms with van der Waals surface area (Å²) in [6.45, 7) is 7.19. The standard InChI is InChI=1S/C21H29N5O4/c1-12-11-18-22-13(2)17(14(3)26(18)25-12)9-10-19(27)30-15(4)20(28)24-21(29)23-16-7-5-6-8-16/h11,15-16H,5-10H2,1-4H3,(H2,23,24,28,29)/t15-/m0/s1. The van der Waals surface area contributed by atoms with Crippen molar-refractivity contribution in [2.24, 2.45) is 0 Å². The van der Waals surface area contributed by atoms with Crippen LogP contribution in [0.4, 0.5) is 4.79 Å². The summed E-state index contributed by atoms with van der Waals surface area (Å²) >= 11 is 0. The lowest BCUT2D eigenvalue weighted by Crippen LogP contribution is -2.47. The maximum absolute atomic E-state index is 12.2. The molecule has 1 atom stereocenters. The molecule has 3 rings (SSSR count). The van der Waals surface area contributed by atoms with Crippen molar-refractivity contribution in [3.05, 3.63) is 28.7 Å². The first-order valence-corrected chi connectivity index (χ1v) is 10.4. The largest absolute Gasteiger partial charge is 0.453 e. The van der Waals surface area contributed by atoms with Crippen molar-refractivity contribution in [1.82, 2.24) is 25.2 Å². The molecule has 162 valence electrons. The zero-order valence-electron chi connectivity index (χ0n) is 17.9. The number of ether oxygens (including phenoxy) is 1. The molecule has 9 nitrogen and oxygen atoms in total. The van der Waals surface area contributed by atoms with Crippen LogP contribution in [0.3, 0.4) is 0 Å². The van der Waals surface area contributed by atoms with Gasteiger partial charge >= 0.3 is 12.0 Å². The van der Waals surface area contributed by atoms with Crippen molar-refractivity contribution >= 4 is 23.6 Å². The van der Waals surface area contributed by atoms with Gasteiger partial charge in [0.05, 0.1) is 5.69 Å². The third-order valence-electron chi connectivity index (χ3n) is 5.47. The summed E-state index contributed by atoms with van der Waals surface area (Å²) in [5, 5.41) is 9.43. The Morgan fingerprint density at radius 2 is 1.93 bits per heavy atom. The van der Waals surface area contributed by atoms with Crippen molar-refractivity contribution in [2.75, 3.05) is 0 Å². The highest BCUT2D eigenvalue weighted by atomic mass is 16.5. The fourth-order valence-electron chi connectivity index (χ4n) is 3.84. The van der Waals surface area contributed by atoms with Gasteiger partial charge in [-0.15, -0.1) is 0 Å². The van der Waals surface area contributed by atoms with E-state index in [2.05, 4.69) is 20.7 Å². The molecule has 0 radical (unpaired) electrons. The molecule has 2 heterocycles. The molecule has 0 bridgehead atoms. The van der Waals surface area contributed by atoms with E-state index in [0.717, 1.165) is 54.0 Å². The molecule has 0 aliphatic heterocycles. The molecule has 2 aromatic rings. The van der Waals surface area contributed by atoms with Gasteiger partial charge in [0, 0.05) is 29.9 Å². The minimum Gasteiger partial charge on any atom is -0.453 e.